The molecule has 0 radical (unpaired) electrons. The number of anilines is 1. The van der Waals surface area contributed by atoms with Gasteiger partial charge in [-0.05, 0) is 42.3 Å². The van der Waals surface area contributed by atoms with E-state index in [9.17, 15) is 4.79 Å². The fraction of sp³-hybridized carbons (Fsp3) is 0.0476. The van der Waals surface area contributed by atoms with Gasteiger partial charge < -0.3 is 4.42 Å². The first kappa shape index (κ1) is 16.3. The van der Waals surface area contributed by atoms with E-state index in [0.29, 0.717) is 16.5 Å². The van der Waals surface area contributed by atoms with Crippen molar-refractivity contribution in [2.24, 2.45) is 0 Å². The van der Waals surface area contributed by atoms with Crippen LogP contribution in [0.2, 0.25) is 0 Å². The van der Waals surface area contributed by atoms with Crippen LogP contribution in [0.25, 0.3) is 22.6 Å². The minimum absolute atomic E-state index is 0.180. The molecule has 0 aliphatic heterocycles. The molecule has 0 spiro atoms. The monoisotopic (exact) mass is 360 g/mol. The molecule has 128 valence electrons. The quantitative estimate of drug-likeness (QED) is 0.513. The minimum Gasteiger partial charge on any atom is -0.460 e. The number of carbonyl (C=O) groups is 1. The summed E-state index contributed by atoms with van der Waals surface area (Å²) in [6.45, 7) is 1.89. The number of aryl methyl sites for hydroxylation is 1. The van der Waals surface area contributed by atoms with Crippen LogP contribution < -0.4 is 5.32 Å². The second-order valence-electron chi connectivity index (χ2n) is 5.85. The Kier molecular flexibility index (Phi) is 4.37. The van der Waals surface area contributed by atoms with Gasteiger partial charge in [-0.3, -0.25) is 10.1 Å². The summed E-state index contributed by atoms with van der Waals surface area (Å²) < 4.78 is 5.56. The lowest BCUT2D eigenvalue weighted by atomic mass is 10.0. The highest BCUT2D eigenvalue weighted by molar-refractivity contribution is 7.14. The van der Waals surface area contributed by atoms with Crippen molar-refractivity contribution < 1.29 is 9.21 Å². The topological polar surface area (TPSA) is 55.1 Å². The van der Waals surface area contributed by atoms with Crippen LogP contribution >= 0.6 is 11.3 Å². The van der Waals surface area contributed by atoms with E-state index in [-0.39, 0.29) is 5.91 Å². The molecule has 0 atom stereocenters. The van der Waals surface area contributed by atoms with Gasteiger partial charge in [0.05, 0.1) is 0 Å². The molecular formula is C21H16N2O2S. The zero-order valence-electron chi connectivity index (χ0n) is 14.1. The number of rotatable bonds is 4. The average Bonchev–Trinajstić information content (AvgIpc) is 3.31. The Morgan fingerprint density at radius 2 is 1.69 bits per heavy atom. The molecule has 2 aromatic heterocycles. The standard InChI is InChI=1S/C21H16N2O2S/c1-14-7-12-19(25-14)18-13-26-21(22-18)23-20(24)17-10-8-16(9-11-17)15-5-3-2-4-6-15/h2-13H,1H3,(H,22,23,24). The molecule has 2 heterocycles. The Morgan fingerprint density at radius 3 is 2.38 bits per heavy atom. The number of carbonyl (C=O) groups excluding carboxylic acids is 1. The molecule has 5 heteroatoms. The Morgan fingerprint density at radius 1 is 0.962 bits per heavy atom. The van der Waals surface area contributed by atoms with Crippen LogP contribution in [0.4, 0.5) is 5.13 Å². The van der Waals surface area contributed by atoms with E-state index in [0.717, 1.165) is 22.6 Å². The number of thiazole rings is 1. The molecule has 2 aromatic carbocycles. The first-order valence-corrected chi connectivity index (χ1v) is 9.06. The van der Waals surface area contributed by atoms with Crippen molar-refractivity contribution in [3.8, 4) is 22.6 Å². The third-order valence-electron chi connectivity index (χ3n) is 3.97. The Bertz CT molecular complexity index is 1030. The summed E-state index contributed by atoms with van der Waals surface area (Å²) >= 11 is 1.37. The van der Waals surface area contributed by atoms with Gasteiger partial charge in [-0.1, -0.05) is 42.5 Å². The highest BCUT2D eigenvalue weighted by Crippen LogP contribution is 2.27. The summed E-state index contributed by atoms with van der Waals surface area (Å²) in [7, 11) is 0. The van der Waals surface area contributed by atoms with Crippen LogP contribution in [0.5, 0.6) is 0 Å². The van der Waals surface area contributed by atoms with Crippen LogP contribution in [0.3, 0.4) is 0 Å². The summed E-state index contributed by atoms with van der Waals surface area (Å²) in [6, 6.07) is 21.4. The van der Waals surface area contributed by atoms with Gasteiger partial charge in [0.2, 0.25) is 0 Å². The lowest BCUT2D eigenvalue weighted by Gasteiger charge is -2.04. The van der Waals surface area contributed by atoms with Crippen molar-refractivity contribution in [2.45, 2.75) is 6.92 Å². The molecule has 4 rings (SSSR count). The molecule has 0 saturated heterocycles. The summed E-state index contributed by atoms with van der Waals surface area (Å²) in [4.78, 5) is 16.9. The van der Waals surface area contributed by atoms with Gasteiger partial charge in [0.15, 0.2) is 10.9 Å². The van der Waals surface area contributed by atoms with E-state index >= 15 is 0 Å². The third kappa shape index (κ3) is 3.43. The van der Waals surface area contributed by atoms with Crippen molar-refractivity contribution >= 4 is 22.4 Å². The highest BCUT2D eigenvalue weighted by atomic mass is 32.1. The minimum atomic E-state index is -0.180. The van der Waals surface area contributed by atoms with Gasteiger partial charge in [-0.2, -0.15) is 0 Å². The van der Waals surface area contributed by atoms with Crippen molar-refractivity contribution in [1.82, 2.24) is 4.98 Å². The third-order valence-corrected chi connectivity index (χ3v) is 4.73. The molecule has 0 aliphatic rings. The molecule has 26 heavy (non-hydrogen) atoms. The van der Waals surface area contributed by atoms with Gasteiger partial charge in [0, 0.05) is 10.9 Å². The van der Waals surface area contributed by atoms with Crippen molar-refractivity contribution in [3.05, 3.63) is 83.4 Å². The zero-order valence-corrected chi connectivity index (χ0v) is 14.9. The number of benzene rings is 2. The first-order chi connectivity index (χ1) is 12.7. The fourth-order valence-electron chi connectivity index (χ4n) is 2.63. The first-order valence-electron chi connectivity index (χ1n) is 8.18. The van der Waals surface area contributed by atoms with Gasteiger partial charge in [0.1, 0.15) is 11.5 Å². The van der Waals surface area contributed by atoms with Crippen LogP contribution in [0.1, 0.15) is 16.1 Å². The van der Waals surface area contributed by atoms with Gasteiger partial charge in [-0.25, -0.2) is 4.98 Å². The smallest absolute Gasteiger partial charge is 0.257 e. The lowest BCUT2D eigenvalue weighted by Crippen LogP contribution is -2.11. The SMILES string of the molecule is Cc1ccc(-c2csc(NC(=O)c3ccc(-c4ccccc4)cc3)n2)o1. The maximum absolute atomic E-state index is 12.4. The van der Waals surface area contributed by atoms with Crippen molar-refractivity contribution in [2.75, 3.05) is 5.32 Å². The number of furan rings is 1. The summed E-state index contributed by atoms with van der Waals surface area (Å²) in [5, 5.41) is 5.26. The van der Waals surface area contributed by atoms with E-state index in [1.54, 1.807) is 0 Å². The lowest BCUT2D eigenvalue weighted by molar-refractivity contribution is 0.102. The summed E-state index contributed by atoms with van der Waals surface area (Å²) in [6.07, 6.45) is 0. The highest BCUT2D eigenvalue weighted by Gasteiger charge is 2.12. The molecule has 4 aromatic rings. The van der Waals surface area contributed by atoms with Gasteiger partial charge in [-0.15, -0.1) is 11.3 Å². The van der Waals surface area contributed by atoms with Crippen molar-refractivity contribution in [3.63, 3.8) is 0 Å². The number of nitrogens with zero attached hydrogens (tertiary/aromatic N) is 1. The Balaban J connectivity index is 1.47. The molecule has 0 aliphatic carbocycles. The predicted molar refractivity (Wildman–Crippen MR) is 104 cm³/mol. The van der Waals surface area contributed by atoms with E-state index in [2.05, 4.69) is 10.3 Å². The Labute approximate surface area is 155 Å². The molecule has 1 amide bonds. The van der Waals surface area contributed by atoms with E-state index < -0.39 is 0 Å². The molecular weight excluding hydrogens is 344 g/mol. The number of hydrogen-bond donors (Lipinski definition) is 1. The molecule has 0 saturated carbocycles. The summed E-state index contributed by atoms with van der Waals surface area (Å²) in [5.74, 6) is 1.35. The van der Waals surface area contributed by atoms with E-state index in [1.165, 1.54) is 11.3 Å². The fourth-order valence-corrected chi connectivity index (χ4v) is 3.33. The van der Waals surface area contributed by atoms with Crippen molar-refractivity contribution in [1.29, 1.82) is 0 Å². The predicted octanol–water partition coefficient (Wildman–Crippen LogP) is 5.63. The van der Waals surface area contributed by atoms with Crippen LogP contribution in [-0.4, -0.2) is 10.9 Å². The number of nitrogens with one attached hydrogen (secondary N) is 1. The summed E-state index contributed by atoms with van der Waals surface area (Å²) in [5.41, 5.74) is 3.51. The van der Waals surface area contributed by atoms with Crippen LogP contribution in [-0.2, 0) is 0 Å². The molecule has 4 nitrogen and oxygen atoms in total. The Hall–Kier alpha value is -3.18. The average molecular weight is 360 g/mol. The number of amides is 1. The maximum atomic E-state index is 12.4. The van der Waals surface area contributed by atoms with E-state index in [4.69, 9.17) is 4.42 Å². The van der Waals surface area contributed by atoms with E-state index in [1.807, 2.05) is 79.0 Å². The largest absolute Gasteiger partial charge is 0.460 e. The van der Waals surface area contributed by atoms with Gasteiger partial charge >= 0.3 is 0 Å². The normalized spacial score (nSPS) is 10.7. The zero-order chi connectivity index (χ0) is 17.9. The second-order valence-corrected chi connectivity index (χ2v) is 6.70. The molecule has 0 unspecified atom stereocenters. The molecule has 1 N–H and O–H groups in total. The molecule has 0 bridgehead atoms. The van der Waals surface area contributed by atoms with Gasteiger partial charge in [0.25, 0.3) is 5.91 Å². The second kappa shape index (κ2) is 6.98. The maximum Gasteiger partial charge on any atom is 0.257 e. The molecule has 0 fully saturated rings. The number of hydrogen-bond acceptors (Lipinski definition) is 4. The number of aromatic nitrogens is 1. The van der Waals surface area contributed by atoms with Crippen LogP contribution in [0, 0.1) is 6.92 Å². The van der Waals surface area contributed by atoms with Crippen LogP contribution in [0.15, 0.2) is 76.5 Å².